The Kier molecular flexibility index (Phi) is 5.75. The number of carbonyl (C=O) groups is 5. The molecule has 184 valence electrons. The van der Waals surface area contributed by atoms with E-state index in [1.807, 2.05) is 0 Å². The first kappa shape index (κ1) is 23.2. The second-order valence-electron chi connectivity index (χ2n) is 8.99. The van der Waals surface area contributed by atoms with Gasteiger partial charge in [0.2, 0.25) is 5.91 Å². The maximum Gasteiger partial charge on any atom is 0.336 e. The van der Waals surface area contributed by atoms with Crippen molar-refractivity contribution in [2.75, 3.05) is 0 Å². The number of hydrogen-bond donors (Lipinski definition) is 2. The van der Waals surface area contributed by atoms with Gasteiger partial charge in [0.15, 0.2) is 0 Å². The zero-order chi connectivity index (χ0) is 25.6. The second kappa shape index (κ2) is 8.91. The number of aromatic hydroxyl groups is 1. The average molecular weight is 491 g/mol. The largest absolute Gasteiger partial charge is 0.508 e. The lowest BCUT2D eigenvalue weighted by molar-refractivity contribution is -0.142. The highest BCUT2D eigenvalue weighted by Crippen LogP contribution is 2.31. The fourth-order valence-corrected chi connectivity index (χ4v) is 5.16. The summed E-state index contributed by atoms with van der Waals surface area (Å²) in [6, 6.07) is 3.63. The number of phenols is 1. The number of rotatable bonds is 5. The first-order valence-electron chi connectivity index (χ1n) is 11.3. The first-order chi connectivity index (χ1) is 17.2. The standard InChI is InChI=1S/C25H21N3O8/c29-17-1-2-18-13(8-25(35)36-19(18)12-17)7-20(30)26-14-9-15(27-21(31)3-4-22(27)32)11-16(10-14)28-23(33)5-6-24(28)34/h1-6,8,12,14-16,29H,7,9-11H2,(H,26,30). The number of nitrogens with zero attached hydrogens (tertiary/aromatic N) is 2. The van der Waals surface area contributed by atoms with Crippen molar-refractivity contribution in [2.24, 2.45) is 0 Å². The number of imide groups is 2. The lowest BCUT2D eigenvalue weighted by atomic mass is 9.85. The molecule has 2 unspecified atom stereocenters. The zero-order valence-electron chi connectivity index (χ0n) is 18.9. The quantitative estimate of drug-likeness (QED) is 0.447. The van der Waals surface area contributed by atoms with Gasteiger partial charge in [-0.2, -0.15) is 0 Å². The van der Waals surface area contributed by atoms with Gasteiger partial charge < -0.3 is 14.8 Å². The minimum absolute atomic E-state index is 0.0902. The third-order valence-electron chi connectivity index (χ3n) is 6.60. The molecule has 1 fully saturated rings. The van der Waals surface area contributed by atoms with Gasteiger partial charge in [0.05, 0.1) is 6.42 Å². The van der Waals surface area contributed by atoms with Crippen molar-refractivity contribution in [3.8, 4) is 5.75 Å². The molecule has 3 aliphatic rings. The van der Waals surface area contributed by atoms with E-state index in [1.165, 1.54) is 24.3 Å². The van der Waals surface area contributed by atoms with E-state index in [9.17, 15) is 33.9 Å². The molecule has 0 saturated heterocycles. The molecule has 11 nitrogen and oxygen atoms in total. The van der Waals surface area contributed by atoms with Crippen molar-refractivity contribution < 1.29 is 33.5 Å². The molecular formula is C25H21N3O8. The van der Waals surface area contributed by atoms with Crippen molar-refractivity contribution in [1.29, 1.82) is 0 Å². The summed E-state index contributed by atoms with van der Waals surface area (Å²) in [5, 5.41) is 13.0. The van der Waals surface area contributed by atoms with Gasteiger partial charge in [-0.1, -0.05) is 0 Å². The van der Waals surface area contributed by atoms with Gasteiger partial charge in [-0.3, -0.25) is 33.8 Å². The summed E-state index contributed by atoms with van der Waals surface area (Å²) in [4.78, 5) is 76.4. The summed E-state index contributed by atoms with van der Waals surface area (Å²) in [6.07, 6.45) is 5.18. The molecule has 36 heavy (non-hydrogen) atoms. The molecule has 11 heteroatoms. The Morgan fingerprint density at radius 1 is 0.861 bits per heavy atom. The molecule has 0 spiro atoms. The van der Waals surface area contributed by atoms with Crippen LogP contribution in [0.5, 0.6) is 5.75 Å². The van der Waals surface area contributed by atoms with Crippen LogP contribution in [-0.2, 0) is 30.4 Å². The molecule has 3 heterocycles. The predicted octanol–water partition coefficient (Wildman–Crippen LogP) is 0.297. The highest BCUT2D eigenvalue weighted by atomic mass is 16.4. The highest BCUT2D eigenvalue weighted by Gasteiger charge is 2.43. The maximum absolute atomic E-state index is 13.0. The topological polar surface area (TPSA) is 154 Å². The van der Waals surface area contributed by atoms with Crippen LogP contribution in [0.1, 0.15) is 24.8 Å². The zero-order valence-corrected chi connectivity index (χ0v) is 18.9. The van der Waals surface area contributed by atoms with Gasteiger partial charge in [-0.05, 0) is 37.0 Å². The third kappa shape index (κ3) is 4.30. The number of carbonyl (C=O) groups excluding carboxylic acids is 5. The molecule has 1 saturated carbocycles. The minimum Gasteiger partial charge on any atom is -0.508 e. The van der Waals surface area contributed by atoms with Crippen LogP contribution in [0.2, 0.25) is 0 Å². The monoisotopic (exact) mass is 491 g/mol. The highest BCUT2D eigenvalue weighted by molar-refractivity contribution is 6.14. The molecule has 0 bridgehead atoms. The molecule has 0 radical (unpaired) electrons. The summed E-state index contributed by atoms with van der Waals surface area (Å²) >= 11 is 0. The van der Waals surface area contributed by atoms with Crippen LogP contribution in [0.25, 0.3) is 11.0 Å². The van der Waals surface area contributed by atoms with Crippen molar-refractivity contribution >= 4 is 40.5 Å². The van der Waals surface area contributed by atoms with Crippen molar-refractivity contribution in [1.82, 2.24) is 15.1 Å². The molecule has 5 amide bonds. The molecule has 1 aromatic carbocycles. The van der Waals surface area contributed by atoms with E-state index in [0.29, 0.717) is 10.9 Å². The van der Waals surface area contributed by atoms with Crippen LogP contribution in [0.3, 0.4) is 0 Å². The van der Waals surface area contributed by atoms with Crippen molar-refractivity contribution in [2.45, 2.75) is 43.8 Å². The predicted molar refractivity (Wildman–Crippen MR) is 123 cm³/mol. The molecule has 2 atom stereocenters. The third-order valence-corrected chi connectivity index (χ3v) is 6.60. The molecule has 2 N–H and O–H groups in total. The summed E-state index contributed by atoms with van der Waals surface area (Å²) in [7, 11) is 0. The van der Waals surface area contributed by atoms with E-state index in [0.717, 1.165) is 34.1 Å². The normalized spacial score (nSPS) is 23.8. The molecule has 2 aliphatic heterocycles. The van der Waals surface area contributed by atoms with Gasteiger partial charge in [0, 0.05) is 59.9 Å². The first-order valence-corrected chi connectivity index (χ1v) is 11.3. The lowest BCUT2D eigenvalue weighted by Gasteiger charge is -2.41. The maximum atomic E-state index is 13.0. The lowest BCUT2D eigenvalue weighted by Crippen LogP contribution is -2.56. The molecule has 5 rings (SSSR count). The Hall–Kier alpha value is -4.54. The van der Waals surface area contributed by atoms with Gasteiger partial charge >= 0.3 is 5.63 Å². The molecule has 1 aliphatic carbocycles. The van der Waals surface area contributed by atoms with E-state index in [-0.39, 0.29) is 37.0 Å². The van der Waals surface area contributed by atoms with E-state index in [1.54, 1.807) is 0 Å². The fourth-order valence-electron chi connectivity index (χ4n) is 5.16. The Balaban J connectivity index is 1.37. The Labute approximate surface area is 203 Å². The van der Waals surface area contributed by atoms with Gasteiger partial charge in [-0.15, -0.1) is 0 Å². The van der Waals surface area contributed by atoms with Gasteiger partial charge in [0.1, 0.15) is 11.3 Å². The van der Waals surface area contributed by atoms with Gasteiger partial charge in [0.25, 0.3) is 23.6 Å². The van der Waals surface area contributed by atoms with Crippen LogP contribution >= 0.6 is 0 Å². The van der Waals surface area contributed by atoms with E-state index in [4.69, 9.17) is 4.42 Å². The second-order valence-corrected chi connectivity index (χ2v) is 8.99. The van der Waals surface area contributed by atoms with Crippen LogP contribution in [-0.4, -0.2) is 62.6 Å². The molecular weight excluding hydrogens is 470 g/mol. The van der Waals surface area contributed by atoms with E-state index < -0.39 is 53.3 Å². The number of nitrogens with one attached hydrogen (secondary N) is 1. The van der Waals surface area contributed by atoms with Crippen molar-refractivity contribution in [3.63, 3.8) is 0 Å². The van der Waals surface area contributed by atoms with Crippen LogP contribution in [0, 0.1) is 0 Å². The Morgan fingerprint density at radius 3 is 1.97 bits per heavy atom. The number of amides is 5. The summed E-state index contributed by atoms with van der Waals surface area (Å²) < 4.78 is 5.10. The number of benzene rings is 1. The molecule has 1 aromatic heterocycles. The number of phenolic OH excluding ortho intramolecular Hbond substituents is 1. The smallest absolute Gasteiger partial charge is 0.336 e. The summed E-state index contributed by atoms with van der Waals surface area (Å²) in [6.45, 7) is 0. The minimum atomic E-state index is -0.675. The fraction of sp³-hybridized carbons (Fsp3) is 0.280. The SMILES string of the molecule is O=C(Cc1cc(=O)oc2cc(O)ccc12)NC1CC(N2C(=O)C=CC2=O)CC(N2C(=O)C=CC2=O)C1. The summed E-state index contributed by atoms with van der Waals surface area (Å²) in [5.74, 6) is -2.48. The molecule has 2 aromatic rings. The number of hydrogen-bond acceptors (Lipinski definition) is 8. The Bertz CT molecular complexity index is 1350. The van der Waals surface area contributed by atoms with Gasteiger partial charge in [-0.25, -0.2) is 4.79 Å². The average Bonchev–Trinajstić information content (AvgIpc) is 3.32. The Morgan fingerprint density at radius 2 is 1.42 bits per heavy atom. The summed E-state index contributed by atoms with van der Waals surface area (Å²) in [5.41, 5.74) is -0.142. The van der Waals surface area contributed by atoms with E-state index in [2.05, 4.69) is 5.32 Å². The number of fused-ring (bicyclic) bond motifs is 1. The van der Waals surface area contributed by atoms with Crippen LogP contribution in [0.4, 0.5) is 0 Å². The van der Waals surface area contributed by atoms with Crippen LogP contribution in [0.15, 0.2) is 57.8 Å². The van der Waals surface area contributed by atoms with E-state index >= 15 is 0 Å². The van der Waals surface area contributed by atoms with Crippen molar-refractivity contribution in [3.05, 3.63) is 64.6 Å². The van der Waals surface area contributed by atoms with Crippen LogP contribution < -0.4 is 10.9 Å².